The number of aryl methyl sites for hydroxylation is 1. The molecular weight excluding hydrogens is 262 g/mol. The SMILES string of the molecule is CCn1cc(CS(=O)(=O)c2cccc(N)c2C)cn1. The summed E-state index contributed by atoms with van der Waals surface area (Å²) in [6.07, 6.45) is 3.34. The molecule has 0 amide bonds. The van der Waals surface area contributed by atoms with Crippen molar-refractivity contribution in [1.82, 2.24) is 9.78 Å². The molecule has 0 saturated carbocycles. The molecule has 0 radical (unpaired) electrons. The van der Waals surface area contributed by atoms with E-state index in [0.29, 0.717) is 16.8 Å². The molecule has 0 bridgehead atoms. The van der Waals surface area contributed by atoms with Crippen LogP contribution in [-0.4, -0.2) is 18.2 Å². The third kappa shape index (κ3) is 2.78. The van der Waals surface area contributed by atoms with Gasteiger partial charge in [-0.05, 0) is 31.5 Å². The van der Waals surface area contributed by atoms with Gasteiger partial charge in [-0.3, -0.25) is 4.68 Å². The third-order valence-electron chi connectivity index (χ3n) is 3.03. The Balaban J connectivity index is 2.35. The van der Waals surface area contributed by atoms with E-state index in [-0.39, 0.29) is 10.6 Å². The predicted molar refractivity (Wildman–Crippen MR) is 74.4 cm³/mol. The van der Waals surface area contributed by atoms with Gasteiger partial charge in [-0.1, -0.05) is 6.07 Å². The second-order valence-electron chi connectivity index (χ2n) is 4.43. The quantitative estimate of drug-likeness (QED) is 0.865. The zero-order valence-electron chi connectivity index (χ0n) is 11.0. The van der Waals surface area contributed by atoms with Gasteiger partial charge in [0.1, 0.15) is 0 Å². The summed E-state index contributed by atoms with van der Waals surface area (Å²) >= 11 is 0. The van der Waals surface area contributed by atoms with E-state index < -0.39 is 9.84 Å². The van der Waals surface area contributed by atoms with E-state index in [1.54, 1.807) is 42.2 Å². The van der Waals surface area contributed by atoms with Crippen molar-refractivity contribution in [3.63, 3.8) is 0 Å². The molecule has 0 saturated heterocycles. The zero-order chi connectivity index (χ0) is 14.0. The normalized spacial score (nSPS) is 11.7. The van der Waals surface area contributed by atoms with Crippen LogP contribution in [-0.2, 0) is 22.1 Å². The largest absolute Gasteiger partial charge is 0.398 e. The second-order valence-corrected chi connectivity index (χ2v) is 6.39. The molecule has 2 rings (SSSR count). The smallest absolute Gasteiger partial charge is 0.182 e. The topological polar surface area (TPSA) is 78.0 Å². The van der Waals surface area contributed by atoms with E-state index in [9.17, 15) is 8.42 Å². The molecular formula is C13H17N3O2S. The number of hydrogen-bond acceptors (Lipinski definition) is 4. The van der Waals surface area contributed by atoms with Gasteiger partial charge in [0, 0.05) is 24.0 Å². The average Bonchev–Trinajstić information content (AvgIpc) is 2.79. The van der Waals surface area contributed by atoms with Crippen LogP contribution in [0.25, 0.3) is 0 Å². The van der Waals surface area contributed by atoms with Gasteiger partial charge in [0.15, 0.2) is 9.84 Å². The van der Waals surface area contributed by atoms with Crippen LogP contribution in [0.2, 0.25) is 0 Å². The first-order chi connectivity index (χ1) is 8.94. The fraction of sp³-hybridized carbons (Fsp3) is 0.308. The molecule has 2 aromatic rings. The van der Waals surface area contributed by atoms with E-state index in [0.717, 1.165) is 6.54 Å². The summed E-state index contributed by atoms with van der Waals surface area (Å²) in [6.45, 7) is 4.39. The van der Waals surface area contributed by atoms with Crippen LogP contribution in [0.3, 0.4) is 0 Å². The van der Waals surface area contributed by atoms with Crippen molar-refractivity contribution in [2.75, 3.05) is 5.73 Å². The lowest BCUT2D eigenvalue weighted by atomic mass is 10.2. The van der Waals surface area contributed by atoms with Crippen molar-refractivity contribution >= 4 is 15.5 Å². The summed E-state index contributed by atoms with van der Waals surface area (Å²) in [5.41, 5.74) is 7.53. The number of sulfone groups is 1. The van der Waals surface area contributed by atoms with Crippen LogP contribution in [0, 0.1) is 6.92 Å². The molecule has 0 atom stereocenters. The van der Waals surface area contributed by atoms with Crippen molar-refractivity contribution in [2.24, 2.45) is 0 Å². The minimum atomic E-state index is -3.39. The Morgan fingerprint density at radius 3 is 2.74 bits per heavy atom. The first-order valence-corrected chi connectivity index (χ1v) is 7.68. The van der Waals surface area contributed by atoms with Crippen LogP contribution in [0.4, 0.5) is 5.69 Å². The first-order valence-electron chi connectivity index (χ1n) is 6.03. The molecule has 1 aromatic carbocycles. The molecule has 0 fully saturated rings. The van der Waals surface area contributed by atoms with E-state index in [2.05, 4.69) is 5.10 Å². The molecule has 102 valence electrons. The summed E-state index contributed by atoms with van der Waals surface area (Å²) in [5, 5.41) is 4.08. The van der Waals surface area contributed by atoms with Crippen molar-refractivity contribution in [1.29, 1.82) is 0 Å². The lowest BCUT2D eigenvalue weighted by molar-refractivity contribution is 0.594. The van der Waals surface area contributed by atoms with Crippen molar-refractivity contribution in [3.05, 3.63) is 41.7 Å². The number of rotatable bonds is 4. The minimum Gasteiger partial charge on any atom is -0.398 e. The Labute approximate surface area is 113 Å². The third-order valence-corrected chi connectivity index (χ3v) is 4.85. The van der Waals surface area contributed by atoms with Crippen molar-refractivity contribution < 1.29 is 8.42 Å². The highest BCUT2D eigenvalue weighted by Crippen LogP contribution is 2.23. The number of benzene rings is 1. The monoisotopic (exact) mass is 279 g/mol. The standard InChI is InChI=1S/C13H17N3O2S/c1-3-16-8-11(7-15-16)9-19(17,18)13-6-4-5-12(14)10(13)2/h4-8H,3,9,14H2,1-2H3. The second kappa shape index (κ2) is 5.05. The number of aromatic nitrogens is 2. The van der Waals surface area contributed by atoms with Crippen LogP contribution < -0.4 is 5.73 Å². The summed E-state index contributed by atoms with van der Waals surface area (Å²) in [4.78, 5) is 0.289. The van der Waals surface area contributed by atoms with E-state index in [1.807, 2.05) is 6.92 Å². The molecule has 0 spiro atoms. The molecule has 5 nitrogen and oxygen atoms in total. The van der Waals surface area contributed by atoms with Crippen LogP contribution in [0.5, 0.6) is 0 Å². The number of nitrogens with two attached hydrogens (primary N) is 1. The van der Waals surface area contributed by atoms with E-state index >= 15 is 0 Å². The van der Waals surface area contributed by atoms with Crippen LogP contribution in [0.1, 0.15) is 18.1 Å². The number of nitrogens with zero attached hydrogens (tertiary/aromatic N) is 2. The number of anilines is 1. The van der Waals surface area contributed by atoms with Crippen LogP contribution >= 0.6 is 0 Å². The lowest BCUT2D eigenvalue weighted by Crippen LogP contribution is -2.07. The fourth-order valence-electron chi connectivity index (χ4n) is 1.92. The van der Waals surface area contributed by atoms with Gasteiger partial charge in [0.25, 0.3) is 0 Å². The highest BCUT2D eigenvalue weighted by molar-refractivity contribution is 7.90. The Bertz CT molecular complexity index is 690. The maximum atomic E-state index is 12.4. The van der Waals surface area contributed by atoms with Gasteiger partial charge in [0.2, 0.25) is 0 Å². The molecule has 1 aromatic heterocycles. The predicted octanol–water partition coefficient (Wildman–Crippen LogP) is 1.77. The summed E-state index contributed by atoms with van der Waals surface area (Å²) in [6, 6.07) is 4.94. The molecule has 2 N–H and O–H groups in total. The Hall–Kier alpha value is -1.82. The summed E-state index contributed by atoms with van der Waals surface area (Å²) < 4.78 is 26.5. The number of nitrogen functional groups attached to an aromatic ring is 1. The average molecular weight is 279 g/mol. The Morgan fingerprint density at radius 1 is 1.37 bits per heavy atom. The molecule has 0 aliphatic rings. The summed E-state index contributed by atoms with van der Waals surface area (Å²) in [7, 11) is -3.39. The maximum Gasteiger partial charge on any atom is 0.182 e. The zero-order valence-corrected chi connectivity index (χ0v) is 11.8. The van der Waals surface area contributed by atoms with Gasteiger partial charge in [-0.2, -0.15) is 5.10 Å². The summed E-state index contributed by atoms with van der Waals surface area (Å²) in [5.74, 6) is -0.0582. The molecule has 1 heterocycles. The van der Waals surface area contributed by atoms with Crippen molar-refractivity contribution in [2.45, 2.75) is 31.0 Å². The van der Waals surface area contributed by atoms with E-state index in [1.165, 1.54) is 0 Å². The first kappa shape index (κ1) is 13.6. The molecule has 19 heavy (non-hydrogen) atoms. The molecule has 0 aliphatic heterocycles. The molecule has 0 aliphatic carbocycles. The van der Waals surface area contributed by atoms with Gasteiger partial charge < -0.3 is 5.73 Å². The van der Waals surface area contributed by atoms with Crippen LogP contribution in [0.15, 0.2) is 35.5 Å². The number of hydrogen-bond donors (Lipinski definition) is 1. The van der Waals surface area contributed by atoms with Gasteiger partial charge >= 0.3 is 0 Å². The minimum absolute atomic E-state index is 0.0582. The Morgan fingerprint density at radius 2 is 2.11 bits per heavy atom. The highest BCUT2D eigenvalue weighted by Gasteiger charge is 2.19. The molecule has 6 heteroatoms. The van der Waals surface area contributed by atoms with Gasteiger partial charge in [0.05, 0.1) is 16.8 Å². The fourth-order valence-corrected chi connectivity index (χ4v) is 3.53. The Kier molecular flexibility index (Phi) is 3.61. The van der Waals surface area contributed by atoms with Crippen molar-refractivity contribution in [3.8, 4) is 0 Å². The van der Waals surface area contributed by atoms with Gasteiger partial charge in [-0.15, -0.1) is 0 Å². The van der Waals surface area contributed by atoms with E-state index in [4.69, 9.17) is 5.73 Å². The highest BCUT2D eigenvalue weighted by atomic mass is 32.2. The molecule has 0 unspecified atom stereocenters. The maximum absolute atomic E-state index is 12.4. The van der Waals surface area contributed by atoms with Gasteiger partial charge in [-0.25, -0.2) is 8.42 Å². The lowest BCUT2D eigenvalue weighted by Gasteiger charge is -2.08.